The Kier molecular flexibility index (Phi) is 5.39. The molecular formula is C15H23BrN2O. The lowest BCUT2D eigenvalue weighted by atomic mass is 9.78. The van der Waals surface area contributed by atoms with Gasteiger partial charge < -0.3 is 16.2 Å². The Hall–Kier alpha value is -0.420. The summed E-state index contributed by atoms with van der Waals surface area (Å²) in [4.78, 5) is 0. The number of nitrogens with two attached hydrogens (primary N) is 1. The Bertz CT molecular complexity index is 425. The van der Waals surface area contributed by atoms with Gasteiger partial charge in [-0.1, -0.05) is 22.0 Å². The smallest absolute Gasteiger partial charge is 0.0431 e. The zero-order valence-corrected chi connectivity index (χ0v) is 12.9. The number of hydrogen-bond donors (Lipinski definition) is 3. The summed E-state index contributed by atoms with van der Waals surface area (Å²) in [6.45, 7) is 1.87. The van der Waals surface area contributed by atoms with Gasteiger partial charge in [0.25, 0.3) is 0 Å². The highest BCUT2D eigenvalue weighted by Gasteiger charge is 2.32. The number of unbranched alkanes of at least 4 members (excludes halogenated alkanes) is 1. The number of benzene rings is 1. The van der Waals surface area contributed by atoms with Crippen molar-refractivity contribution >= 4 is 15.9 Å². The van der Waals surface area contributed by atoms with Crippen molar-refractivity contribution in [1.82, 2.24) is 5.32 Å². The highest BCUT2D eigenvalue weighted by atomic mass is 79.9. The summed E-state index contributed by atoms with van der Waals surface area (Å²) in [5.74, 6) is 0. The maximum absolute atomic E-state index is 8.82. The number of halogens is 1. The number of hydrogen-bond acceptors (Lipinski definition) is 3. The van der Waals surface area contributed by atoms with Gasteiger partial charge in [0.15, 0.2) is 0 Å². The molecule has 0 saturated heterocycles. The summed E-state index contributed by atoms with van der Waals surface area (Å²) in [5, 5.41) is 12.5. The van der Waals surface area contributed by atoms with Crippen LogP contribution in [0.25, 0.3) is 0 Å². The van der Waals surface area contributed by atoms with Crippen molar-refractivity contribution in [2.24, 2.45) is 5.73 Å². The summed E-state index contributed by atoms with van der Waals surface area (Å²) < 4.78 is 1.16. The van der Waals surface area contributed by atoms with E-state index in [1.165, 1.54) is 11.1 Å². The Morgan fingerprint density at radius 2 is 2.16 bits per heavy atom. The molecule has 0 saturated carbocycles. The van der Waals surface area contributed by atoms with Crippen LogP contribution in [-0.4, -0.2) is 30.3 Å². The molecule has 0 heterocycles. The molecule has 1 aliphatic carbocycles. The Morgan fingerprint density at radius 3 is 2.89 bits per heavy atom. The first-order chi connectivity index (χ1) is 9.19. The number of nitrogens with one attached hydrogen (secondary N) is 1. The van der Waals surface area contributed by atoms with Gasteiger partial charge in [0.1, 0.15) is 0 Å². The molecule has 1 atom stereocenters. The van der Waals surface area contributed by atoms with Crippen LogP contribution in [0, 0.1) is 0 Å². The van der Waals surface area contributed by atoms with Gasteiger partial charge in [-0.2, -0.15) is 0 Å². The summed E-state index contributed by atoms with van der Waals surface area (Å²) in [7, 11) is 0. The third kappa shape index (κ3) is 3.78. The zero-order chi connectivity index (χ0) is 13.7. The second-order valence-corrected chi connectivity index (χ2v) is 6.35. The van der Waals surface area contributed by atoms with Crippen LogP contribution in [0.4, 0.5) is 0 Å². The standard InChI is InChI=1S/C15H23BrN2O/c16-14-4-3-13-10-15(11-17,6-5-12(13)9-14)18-7-1-2-8-19/h3-4,9,18-19H,1-2,5-8,10-11,17H2. The molecule has 1 aliphatic rings. The minimum Gasteiger partial charge on any atom is -0.396 e. The van der Waals surface area contributed by atoms with E-state index in [9.17, 15) is 0 Å². The van der Waals surface area contributed by atoms with Gasteiger partial charge >= 0.3 is 0 Å². The topological polar surface area (TPSA) is 58.3 Å². The lowest BCUT2D eigenvalue weighted by Crippen LogP contribution is -2.55. The lowest BCUT2D eigenvalue weighted by molar-refractivity contribution is 0.265. The number of fused-ring (bicyclic) bond motifs is 1. The maximum Gasteiger partial charge on any atom is 0.0431 e. The molecule has 0 aromatic heterocycles. The molecule has 0 amide bonds. The first kappa shape index (κ1) is 15.0. The monoisotopic (exact) mass is 326 g/mol. The van der Waals surface area contributed by atoms with Crippen molar-refractivity contribution < 1.29 is 5.11 Å². The normalized spacial score (nSPS) is 22.3. The molecular weight excluding hydrogens is 304 g/mol. The molecule has 1 aromatic carbocycles. The molecule has 106 valence electrons. The van der Waals surface area contributed by atoms with E-state index in [-0.39, 0.29) is 12.1 Å². The Morgan fingerprint density at radius 1 is 1.32 bits per heavy atom. The fourth-order valence-corrected chi connectivity index (χ4v) is 3.22. The molecule has 0 radical (unpaired) electrons. The third-order valence-electron chi connectivity index (χ3n) is 4.05. The molecule has 2 rings (SSSR count). The maximum atomic E-state index is 8.82. The van der Waals surface area contributed by atoms with Crippen LogP contribution < -0.4 is 11.1 Å². The van der Waals surface area contributed by atoms with Crippen molar-refractivity contribution in [1.29, 1.82) is 0 Å². The highest BCUT2D eigenvalue weighted by Crippen LogP contribution is 2.30. The zero-order valence-electron chi connectivity index (χ0n) is 11.3. The molecule has 3 nitrogen and oxygen atoms in total. The predicted octanol–water partition coefficient (Wildman–Crippen LogP) is 2.00. The molecule has 4 N–H and O–H groups in total. The minimum atomic E-state index is 0.0380. The van der Waals surface area contributed by atoms with Gasteiger partial charge in [-0.15, -0.1) is 0 Å². The number of rotatable bonds is 6. The van der Waals surface area contributed by atoms with E-state index in [0.717, 1.165) is 43.1 Å². The van der Waals surface area contributed by atoms with E-state index in [1.807, 2.05) is 0 Å². The van der Waals surface area contributed by atoms with Gasteiger partial charge in [-0.25, -0.2) is 0 Å². The molecule has 0 fully saturated rings. The number of aliphatic hydroxyl groups is 1. The molecule has 1 aromatic rings. The van der Waals surface area contributed by atoms with E-state index in [1.54, 1.807) is 0 Å². The first-order valence-electron chi connectivity index (χ1n) is 7.02. The van der Waals surface area contributed by atoms with Crippen LogP contribution in [-0.2, 0) is 12.8 Å². The summed E-state index contributed by atoms with van der Waals surface area (Å²) >= 11 is 3.53. The van der Waals surface area contributed by atoms with Gasteiger partial charge in [0, 0.05) is 23.2 Å². The van der Waals surface area contributed by atoms with Crippen LogP contribution in [0.2, 0.25) is 0 Å². The Labute approximate surface area is 123 Å². The number of aryl methyl sites for hydroxylation is 1. The minimum absolute atomic E-state index is 0.0380. The van der Waals surface area contributed by atoms with Crippen molar-refractivity contribution in [2.45, 2.75) is 37.6 Å². The molecule has 0 bridgehead atoms. The highest BCUT2D eigenvalue weighted by molar-refractivity contribution is 9.10. The number of aliphatic hydroxyl groups excluding tert-OH is 1. The second-order valence-electron chi connectivity index (χ2n) is 5.43. The van der Waals surface area contributed by atoms with Gasteiger partial charge in [0.2, 0.25) is 0 Å². The molecule has 1 unspecified atom stereocenters. The van der Waals surface area contributed by atoms with Crippen LogP contribution in [0.5, 0.6) is 0 Å². The van der Waals surface area contributed by atoms with Crippen molar-refractivity contribution in [3.8, 4) is 0 Å². The average molecular weight is 327 g/mol. The molecule has 0 spiro atoms. The molecule has 0 aliphatic heterocycles. The lowest BCUT2D eigenvalue weighted by Gasteiger charge is -2.38. The fraction of sp³-hybridized carbons (Fsp3) is 0.600. The van der Waals surface area contributed by atoms with E-state index in [0.29, 0.717) is 6.54 Å². The molecule has 19 heavy (non-hydrogen) atoms. The molecule has 4 heteroatoms. The van der Waals surface area contributed by atoms with Crippen molar-refractivity contribution in [3.63, 3.8) is 0 Å². The van der Waals surface area contributed by atoms with E-state index < -0.39 is 0 Å². The van der Waals surface area contributed by atoms with Crippen molar-refractivity contribution in [3.05, 3.63) is 33.8 Å². The van der Waals surface area contributed by atoms with Gasteiger partial charge in [-0.3, -0.25) is 0 Å². The van der Waals surface area contributed by atoms with Crippen molar-refractivity contribution in [2.75, 3.05) is 19.7 Å². The second kappa shape index (κ2) is 6.84. The fourth-order valence-electron chi connectivity index (χ4n) is 2.81. The van der Waals surface area contributed by atoms with E-state index >= 15 is 0 Å². The SMILES string of the molecule is NCC1(NCCCCO)CCc2cc(Br)ccc2C1. The summed E-state index contributed by atoms with van der Waals surface area (Å²) in [5.41, 5.74) is 8.91. The van der Waals surface area contributed by atoms with Crippen LogP contribution in [0.3, 0.4) is 0 Å². The van der Waals surface area contributed by atoms with Crippen LogP contribution in [0.15, 0.2) is 22.7 Å². The average Bonchev–Trinajstić information content (AvgIpc) is 2.44. The van der Waals surface area contributed by atoms with Gasteiger partial charge in [-0.05, 0) is 61.9 Å². The summed E-state index contributed by atoms with van der Waals surface area (Å²) in [6.07, 6.45) is 5.04. The van der Waals surface area contributed by atoms with E-state index in [2.05, 4.69) is 39.4 Å². The predicted molar refractivity (Wildman–Crippen MR) is 82.3 cm³/mol. The van der Waals surface area contributed by atoms with Crippen LogP contribution in [0.1, 0.15) is 30.4 Å². The quantitative estimate of drug-likeness (QED) is 0.701. The Balaban J connectivity index is 2.01. The third-order valence-corrected chi connectivity index (χ3v) is 4.54. The summed E-state index contributed by atoms with van der Waals surface area (Å²) in [6, 6.07) is 6.54. The van der Waals surface area contributed by atoms with E-state index in [4.69, 9.17) is 10.8 Å². The largest absolute Gasteiger partial charge is 0.396 e. The van der Waals surface area contributed by atoms with Crippen LogP contribution >= 0.6 is 15.9 Å². The van der Waals surface area contributed by atoms with Gasteiger partial charge in [0.05, 0.1) is 0 Å². The first-order valence-corrected chi connectivity index (χ1v) is 7.82.